The Bertz CT molecular complexity index is 1170. The first-order chi connectivity index (χ1) is 14.5. The van der Waals surface area contributed by atoms with Crippen LogP contribution in [-0.2, 0) is 11.3 Å². The van der Waals surface area contributed by atoms with Crippen molar-refractivity contribution >= 4 is 38.6 Å². The fourth-order valence-corrected chi connectivity index (χ4v) is 4.13. The highest BCUT2D eigenvalue weighted by molar-refractivity contribution is 7.22. The van der Waals surface area contributed by atoms with Crippen molar-refractivity contribution in [3.8, 4) is 0 Å². The maximum absolute atomic E-state index is 13.4. The SMILES string of the molecule is COC(=O)c1ccc(C(=O)N(Cc2ccco2)c2nc3cc(C)c(C)cc3s2)cc1. The second kappa shape index (κ2) is 8.12. The Morgan fingerprint density at radius 2 is 1.77 bits per heavy atom. The number of carbonyl (C=O) groups is 2. The first-order valence-corrected chi connectivity index (χ1v) is 10.2. The van der Waals surface area contributed by atoms with Crippen LogP contribution in [0.15, 0.2) is 59.2 Å². The molecular weight excluding hydrogens is 400 g/mol. The van der Waals surface area contributed by atoms with Gasteiger partial charge in [-0.25, -0.2) is 9.78 Å². The van der Waals surface area contributed by atoms with E-state index in [1.54, 1.807) is 41.5 Å². The summed E-state index contributed by atoms with van der Waals surface area (Å²) >= 11 is 1.46. The summed E-state index contributed by atoms with van der Waals surface area (Å²) in [7, 11) is 1.32. The number of carbonyl (C=O) groups excluding carboxylic acids is 2. The largest absolute Gasteiger partial charge is 0.467 e. The van der Waals surface area contributed by atoms with Crippen LogP contribution in [0.2, 0.25) is 0 Å². The summed E-state index contributed by atoms with van der Waals surface area (Å²) in [5.74, 6) is -0.0187. The van der Waals surface area contributed by atoms with Gasteiger partial charge in [0.15, 0.2) is 5.13 Å². The standard InChI is InChI=1S/C23H20N2O4S/c1-14-11-19-20(12-15(14)2)30-23(24-19)25(13-18-5-4-10-29-18)21(26)16-6-8-17(9-7-16)22(27)28-3/h4-12H,13H2,1-3H3. The Labute approximate surface area is 177 Å². The van der Waals surface area contributed by atoms with Gasteiger partial charge in [-0.2, -0.15) is 0 Å². The molecule has 0 aliphatic rings. The van der Waals surface area contributed by atoms with E-state index in [-0.39, 0.29) is 12.5 Å². The van der Waals surface area contributed by atoms with Crippen LogP contribution in [0.5, 0.6) is 0 Å². The zero-order valence-corrected chi connectivity index (χ0v) is 17.7. The number of hydrogen-bond acceptors (Lipinski definition) is 6. The van der Waals surface area contributed by atoms with Crippen molar-refractivity contribution in [1.29, 1.82) is 0 Å². The van der Waals surface area contributed by atoms with Crippen molar-refractivity contribution in [3.63, 3.8) is 0 Å². The van der Waals surface area contributed by atoms with Crippen LogP contribution in [-0.4, -0.2) is 24.0 Å². The number of aromatic nitrogens is 1. The quantitative estimate of drug-likeness (QED) is 0.418. The molecule has 6 nitrogen and oxygen atoms in total. The van der Waals surface area contributed by atoms with Crippen molar-refractivity contribution in [2.24, 2.45) is 0 Å². The minimum atomic E-state index is -0.446. The Kier molecular flexibility index (Phi) is 5.37. The first kappa shape index (κ1) is 19.8. The van der Waals surface area contributed by atoms with Crippen molar-refractivity contribution < 1.29 is 18.7 Å². The summed E-state index contributed by atoms with van der Waals surface area (Å²) in [6.07, 6.45) is 1.58. The monoisotopic (exact) mass is 420 g/mol. The molecule has 2 aromatic carbocycles. The summed E-state index contributed by atoms with van der Waals surface area (Å²) < 4.78 is 11.2. The molecule has 0 spiro atoms. The molecule has 2 heterocycles. The van der Waals surface area contributed by atoms with Crippen LogP contribution in [0, 0.1) is 13.8 Å². The molecule has 2 aromatic heterocycles. The second-order valence-electron chi connectivity index (χ2n) is 6.94. The van der Waals surface area contributed by atoms with E-state index in [9.17, 15) is 9.59 Å². The summed E-state index contributed by atoms with van der Waals surface area (Å²) in [5.41, 5.74) is 4.02. The number of methoxy groups -OCH3 is 1. The Morgan fingerprint density at radius 1 is 1.07 bits per heavy atom. The molecule has 0 bridgehead atoms. The third-order valence-electron chi connectivity index (χ3n) is 4.92. The third kappa shape index (κ3) is 3.84. The van der Waals surface area contributed by atoms with Gasteiger partial charge in [-0.1, -0.05) is 11.3 Å². The van der Waals surface area contributed by atoms with Crippen molar-refractivity contribution in [2.75, 3.05) is 12.0 Å². The molecule has 1 amide bonds. The first-order valence-electron chi connectivity index (χ1n) is 9.36. The van der Waals surface area contributed by atoms with E-state index in [2.05, 4.69) is 13.0 Å². The molecule has 30 heavy (non-hydrogen) atoms. The van der Waals surface area contributed by atoms with Gasteiger partial charge in [0, 0.05) is 5.56 Å². The highest BCUT2D eigenvalue weighted by Crippen LogP contribution is 2.32. The molecular formula is C23H20N2O4S. The van der Waals surface area contributed by atoms with Gasteiger partial charge in [-0.15, -0.1) is 0 Å². The Morgan fingerprint density at radius 3 is 2.43 bits per heavy atom. The number of benzene rings is 2. The summed E-state index contributed by atoms with van der Waals surface area (Å²) in [5, 5.41) is 0.591. The number of fused-ring (bicyclic) bond motifs is 1. The lowest BCUT2D eigenvalue weighted by atomic mass is 10.1. The van der Waals surface area contributed by atoms with Crippen molar-refractivity contribution in [2.45, 2.75) is 20.4 Å². The van der Waals surface area contributed by atoms with Crippen LogP contribution in [0.4, 0.5) is 5.13 Å². The molecule has 4 aromatic rings. The molecule has 0 atom stereocenters. The zero-order valence-electron chi connectivity index (χ0n) is 16.8. The average molecular weight is 420 g/mol. The number of anilines is 1. The van der Waals surface area contributed by atoms with Gasteiger partial charge < -0.3 is 9.15 Å². The van der Waals surface area contributed by atoms with Crippen LogP contribution >= 0.6 is 11.3 Å². The molecule has 0 saturated carbocycles. The predicted octanol–water partition coefficient (Wildman–Crippen LogP) is 5.14. The number of hydrogen-bond donors (Lipinski definition) is 0. The molecule has 0 saturated heterocycles. The maximum Gasteiger partial charge on any atom is 0.337 e. The minimum absolute atomic E-state index is 0.227. The predicted molar refractivity (Wildman–Crippen MR) is 116 cm³/mol. The van der Waals surface area contributed by atoms with Crippen LogP contribution in [0.3, 0.4) is 0 Å². The lowest BCUT2D eigenvalue weighted by molar-refractivity contribution is 0.0600. The van der Waals surface area contributed by atoms with Crippen molar-refractivity contribution in [3.05, 3.63) is 82.8 Å². The number of rotatable bonds is 5. The van der Waals surface area contributed by atoms with Gasteiger partial charge in [0.25, 0.3) is 5.91 Å². The van der Waals surface area contributed by atoms with E-state index in [0.717, 1.165) is 15.8 Å². The highest BCUT2D eigenvalue weighted by atomic mass is 32.1. The van der Waals surface area contributed by atoms with E-state index in [0.29, 0.717) is 22.0 Å². The van der Waals surface area contributed by atoms with Gasteiger partial charge in [0.1, 0.15) is 5.76 Å². The molecule has 0 unspecified atom stereocenters. The van der Waals surface area contributed by atoms with Crippen LogP contribution < -0.4 is 4.90 Å². The van der Waals surface area contributed by atoms with Gasteiger partial charge in [0.05, 0.1) is 35.7 Å². The lowest BCUT2D eigenvalue weighted by Crippen LogP contribution is -2.30. The molecule has 0 N–H and O–H groups in total. The summed E-state index contributed by atoms with van der Waals surface area (Å²) in [4.78, 5) is 31.4. The van der Waals surface area contributed by atoms with Crippen LogP contribution in [0.1, 0.15) is 37.6 Å². The average Bonchev–Trinajstić information content (AvgIpc) is 3.41. The number of thiazole rings is 1. The van der Waals surface area contributed by atoms with E-state index in [1.807, 2.05) is 19.1 Å². The van der Waals surface area contributed by atoms with Crippen LogP contribution in [0.25, 0.3) is 10.2 Å². The van der Waals surface area contributed by atoms with Crippen molar-refractivity contribution in [1.82, 2.24) is 4.98 Å². The Hall–Kier alpha value is -3.45. The van der Waals surface area contributed by atoms with E-state index < -0.39 is 5.97 Å². The maximum atomic E-state index is 13.4. The second-order valence-corrected chi connectivity index (χ2v) is 7.95. The fraction of sp³-hybridized carbons (Fsp3) is 0.174. The molecule has 0 aliphatic carbocycles. The number of aryl methyl sites for hydroxylation is 2. The van der Waals surface area contributed by atoms with Gasteiger partial charge in [-0.3, -0.25) is 9.69 Å². The summed E-state index contributed by atoms with van der Waals surface area (Å²) in [6, 6.07) is 14.1. The van der Waals surface area contributed by atoms with Gasteiger partial charge in [0.2, 0.25) is 0 Å². The molecule has 0 radical (unpaired) electrons. The zero-order chi connectivity index (χ0) is 21.3. The van der Waals surface area contributed by atoms with Gasteiger partial charge in [-0.05, 0) is 73.5 Å². The van der Waals surface area contributed by atoms with E-state index in [4.69, 9.17) is 14.1 Å². The number of esters is 1. The Balaban J connectivity index is 1.72. The molecule has 0 aliphatic heterocycles. The van der Waals surface area contributed by atoms with Gasteiger partial charge >= 0.3 is 5.97 Å². The third-order valence-corrected chi connectivity index (χ3v) is 5.96. The number of nitrogens with zero attached hydrogens (tertiary/aromatic N) is 2. The lowest BCUT2D eigenvalue weighted by Gasteiger charge is -2.19. The summed E-state index contributed by atoms with van der Waals surface area (Å²) in [6.45, 7) is 4.35. The molecule has 7 heteroatoms. The molecule has 4 rings (SSSR count). The van der Waals surface area contributed by atoms with E-state index in [1.165, 1.54) is 24.0 Å². The van der Waals surface area contributed by atoms with E-state index >= 15 is 0 Å². The smallest absolute Gasteiger partial charge is 0.337 e. The molecule has 152 valence electrons. The molecule has 0 fully saturated rings. The normalized spacial score (nSPS) is 10.9. The highest BCUT2D eigenvalue weighted by Gasteiger charge is 2.23. The topological polar surface area (TPSA) is 72.6 Å². The number of amides is 1. The fourth-order valence-electron chi connectivity index (χ4n) is 3.09. The number of furan rings is 1. The number of ether oxygens (including phenoxy) is 1. The minimum Gasteiger partial charge on any atom is -0.467 e.